The Morgan fingerprint density at radius 3 is 2.83 bits per heavy atom. The highest BCUT2D eigenvalue weighted by Gasteiger charge is 2.24. The van der Waals surface area contributed by atoms with Gasteiger partial charge in [0.1, 0.15) is 11.4 Å². The number of amidine groups is 1. The number of rotatable bonds is 4. The lowest BCUT2D eigenvalue weighted by Gasteiger charge is -2.22. The van der Waals surface area contributed by atoms with Crippen LogP contribution in [-0.2, 0) is 6.54 Å². The molecule has 0 saturated carbocycles. The van der Waals surface area contributed by atoms with Crippen LogP contribution in [0.5, 0.6) is 0 Å². The quantitative estimate of drug-likeness (QED) is 0.679. The van der Waals surface area contributed by atoms with Crippen LogP contribution < -0.4 is 11.1 Å². The molecular formula is C19H14F2N8O. The van der Waals surface area contributed by atoms with Gasteiger partial charge in [-0.3, -0.25) is 14.8 Å². The first-order valence-corrected chi connectivity index (χ1v) is 8.76. The maximum Gasteiger partial charge on any atom is 0.281 e. The van der Waals surface area contributed by atoms with E-state index in [1.165, 1.54) is 0 Å². The molecule has 3 heterocycles. The summed E-state index contributed by atoms with van der Waals surface area (Å²) in [5.41, 5.74) is 6.71. The Morgan fingerprint density at radius 2 is 2.13 bits per heavy atom. The number of hydrogen-bond acceptors (Lipinski definition) is 7. The van der Waals surface area contributed by atoms with Gasteiger partial charge in [-0.1, -0.05) is 0 Å². The van der Waals surface area contributed by atoms with E-state index in [-0.39, 0.29) is 11.5 Å². The monoisotopic (exact) mass is 408 g/mol. The topological polar surface area (TPSA) is 135 Å². The molecule has 1 aromatic carbocycles. The lowest BCUT2D eigenvalue weighted by Crippen LogP contribution is -2.27. The summed E-state index contributed by atoms with van der Waals surface area (Å²) in [6.45, 7) is 0.433. The highest BCUT2D eigenvalue weighted by Crippen LogP contribution is 2.29. The van der Waals surface area contributed by atoms with Crippen LogP contribution in [0.4, 0.5) is 14.5 Å². The molecule has 1 atom stereocenters. The van der Waals surface area contributed by atoms with Crippen molar-refractivity contribution in [1.82, 2.24) is 19.5 Å². The number of halogens is 2. The predicted molar refractivity (Wildman–Crippen MR) is 102 cm³/mol. The summed E-state index contributed by atoms with van der Waals surface area (Å²) in [5.74, 6) is 0.187. The molecule has 0 saturated heterocycles. The van der Waals surface area contributed by atoms with Gasteiger partial charge in [-0.15, -0.1) is 0 Å². The minimum absolute atomic E-state index is 0.117. The minimum atomic E-state index is -2.77. The zero-order chi connectivity index (χ0) is 21.3. The molecule has 3 aromatic rings. The Labute approximate surface area is 168 Å². The molecule has 150 valence electrons. The fourth-order valence-corrected chi connectivity index (χ4v) is 3.09. The molecule has 9 nitrogen and oxygen atoms in total. The van der Waals surface area contributed by atoms with Crippen LogP contribution in [0.2, 0.25) is 0 Å². The van der Waals surface area contributed by atoms with E-state index in [0.29, 0.717) is 29.2 Å². The van der Waals surface area contributed by atoms with Gasteiger partial charge in [-0.05, 0) is 23.8 Å². The molecule has 1 unspecified atom stereocenters. The van der Waals surface area contributed by atoms with Crippen molar-refractivity contribution in [3.05, 3.63) is 71.3 Å². The van der Waals surface area contributed by atoms with E-state index in [1.807, 2.05) is 4.57 Å². The van der Waals surface area contributed by atoms with Crippen LogP contribution in [-0.4, -0.2) is 31.3 Å². The predicted octanol–water partition coefficient (Wildman–Crippen LogP) is 2.19. The Bertz CT molecular complexity index is 1180. The third-order valence-electron chi connectivity index (χ3n) is 4.53. The van der Waals surface area contributed by atoms with E-state index in [0.717, 1.165) is 12.4 Å². The van der Waals surface area contributed by atoms with Gasteiger partial charge in [0.2, 0.25) is 0 Å². The SMILES string of the molecule is N#Cc1ccc(NC(=O)c2cnc(C(F)F)cn2)cc1C1Cn2ccnc2C(N)=N1. The molecule has 0 spiro atoms. The number of carbonyl (C=O) groups is 1. The third-order valence-corrected chi connectivity index (χ3v) is 4.53. The molecule has 1 amide bonds. The van der Waals surface area contributed by atoms with Gasteiger partial charge >= 0.3 is 0 Å². The summed E-state index contributed by atoms with van der Waals surface area (Å²) < 4.78 is 27.0. The van der Waals surface area contributed by atoms with Crippen LogP contribution in [0.15, 0.2) is 48.0 Å². The number of carbonyl (C=O) groups excluding carboxylic acids is 1. The van der Waals surface area contributed by atoms with Crippen LogP contribution in [0.1, 0.15) is 45.6 Å². The van der Waals surface area contributed by atoms with Gasteiger partial charge in [0.15, 0.2) is 11.7 Å². The van der Waals surface area contributed by atoms with E-state index < -0.39 is 24.1 Å². The number of nitrogens with one attached hydrogen (secondary N) is 1. The number of fused-ring (bicyclic) bond motifs is 1. The number of anilines is 1. The summed E-state index contributed by atoms with van der Waals surface area (Å²) in [7, 11) is 0. The Hall–Kier alpha value is -4.20. The lowest BCUT2D eigenvalue weighted by molar-refractivity contribution is 0.102. The molecule has 0 radical (unpaired) electrons. The first kappa shape index (κ1) is 19.1. The van der Waals surface area contributed by atoms with Gasteiger partial charge < -0.3 is 15.6 Å². The lowest BCUT2D eigenvalue weighted by atomic mass is 9.99. The largest absolute Gasteiger partial charge is 0.381 e. The minimum Gasteiger partial charge on any atom is -0.381 e. The fourth-order valence-electron chi connectivity index (χ4n) is 3.09. The number of amides is 1. The highest BCUT2D eigenvalue weighted by molar-refractivity contribution is 6.02. The highest BCUT2D eigenvalue weighted by atomic mass is 19.3. The molecule has 3 N–H and O–H groups in total. The number of benzene rings is 1. The zero-order valence-electron chi connectivity index (χ0n) is 15.3. The Balaban J connectivity index is 1.60. The van der Waals surface area contributed by atoms with E-state index in [2.05, 4.69) is 31.3 Å². The zero-order valence-corrected chi connectivity index (χ0v) is 15.3. The van der Waals surface area contributed by atoms with Crippen molar-refractivity contribution in [2.45, 2.75) is 19.0 Å². The van der Waals surface area contributed by atoms with E-state index in [9.17, 15) is 18.8 Å². The average Bonchev–Trinajstić information content (AvgIpc) is 3.23. The van der Waals surface area contributed by atoms with Crippen molar-refractivity contribution in [2.75, 3.05) is 5.32 Å². The maximum absolute atomic E-state index is 12.6. The van der Waals surface area contributed by atoms with Gasteiger partial charge in [-0.2, -0.15) is 5.26 Å². The molecule has 0 aliphatic carbocycles. The maximum atomic E-state index is 12.6. The molecule has 30 heavy (non-hydrogen) atoms. The van der Waals surface area contributed by atoms with Crippen LogP contribution in [0.25, 0.3) is 0 Å². The number of nitrogens with zero attached hydrogens (tertiary/aromatic N) is 6. The van der Waals surface area contributed by atoms with Crippen molar-refractivity contribution < 1.29 is 13.6 Å². The molecule has 2 aromatic heterocycles. The molecule has 1 aliphatic heterocycles. The van der Waals surface area contributed by atoms with Crippen molar-refractivity contribution in [3.8, 4) is 6.07 Å². The van der Waals surface area contributed by atoms with E-state index in [4.69, 9.17) is 5.73 Å². The second kappa shape index (κ2) is 7.67. The molecular weight excluding hydrogens is 394 g/mol. The van der Waals surface area contributed by atoms with E-state index in [1.54, 1.807) is 30.6 Å². The average molecular weight is 408 g/mol. The molecule has 0 fully saturated rings. The molecule has 4 rings (SSSR count). The van der Waals surface area contributed by atoms with Crippen molar-refractivity contribution in [3.63, 3.8) is 0 Å². The number of aliphatic imine (C=N–C) groups is 1. The molecule has 0 bridgehead atoms. The smallest absolute Gasteiger partial charge is 0.281 e. The fraction of sp³-hybridized carbons (Fsp3) is 0.158. The summed E-state index contributed by atoms with van der Waals surface area (Å²) in [4.78, 5) is 28.2. The summed E-state index contributed by atoms with van der Waals surface area (Å²) in [6, 6.07) is 6.41. The molecule has 1 aliphatic rings. The first-order valence-electron chi connectivity index (χ1n) is 8.76. The summed E-state index contributed by atoms with van der Waals surface area (Å²) in [6.07, 6.45) is 2.45. The standard InChI is InChI=1S/C19H14F2N8O/c20-16(21)13-7-26-14(8-25-13)19(30)27-11-2-1-10(6-22)12(5-11)15-9-29-4-3-24-18(29)17(23)28-15/h1-5,7-8,15-16H,9H2,(H2,23,28)(H,27,30). The van der Waals surface area contributed by atoms with Crippen molar-refractivity contribution >= 4 is 17.4 Å². The van der Waals surface area contributed by atoms with Gasteiger partial charge in [0.05, 0.1) is 36.6 Å². The number of hydrogen-bond donors (Lipinski definition) is 2. The van der Waals surface area contributed by atoms with Crippen LogP contribution in [0, 0.1) is 11.3 Å². The van der Waals surface area contributed by atoms with Gasteiger partial charge in [0.25, 0.3) is 12.3 Å². The molecule has 11 heteroatoms. The van der Waals surface area contributed by atoms with Gasteiger partial charge in [0, 0.05) is 18.1 Å². The number of nitriles is 1. The van der Waals surface area contributed by atoms with Crippen LogP contribution in [0.3, 0.4) is 0 Å². The Kier molecular flexibility index (Phi) is 4.89. The normalized spacial score (nSPS) is 15.3. The van der Waals surface area contributed by atoms with Crippen molar-refractivity contribution in [1.29, 1.82) is 5.26 Å². The number of aromatic nitrogens is 4. The number of alkyl halides is 2. The summed E-state index contributed by atoms with van der Waals surface area (Å²) >= 11 is 0. The van der Waals surface area contributed by atoms with E-state index >= 15 is 0 Å². The second-order valence-corrected chi connectivity index (χ2v) is 6.43. The Morgan fingerprint density at radius 1 is 1.30 bits per heavy atom. The van der Waals surface area contributed by atoms with Crippen molar-refractivity contribution in [2.24, 2.45) is 10.7 Å². The third kappa shape index (κ3) is 3.58. The van der Waals surface area contributed by atoms with Crippen LogP contribution >= 0.6 is 0 Å². The van der Waals surface area contributed by atoms with Gasteiger partial charge in [-0.25, -0.2) is 18.7 Å². The second-order valence-electron chi connectivity index (χ2n) is 6.43. The first-order chi connectivity index (χ1) is 14.5. The summed E-state index contributed by atoms with van der Waals surface area (Å²) in [5, 5.41) is 12.1. The number of nitrogens with two attached hydrogens (primary N) is 1. The number of imidazole rings is 1.